The molecule has 0 saturated carbocycles. The van der Waals surface area contributed by atoms with Crippen molar-refractivity contribution in [2.24, 2.45) is 0 Å². The van der Waals surface area contributed by atoms with E-state index in [0.717, 1.165) is 5.56 Å². The molecular formula is C23H16Cl4FN5OS. The van der Waals surface area contributed by atoms with Gasteiger partial charge in [0, 0.05) is 10.8 Å². The third-order valence-corrected chi connectivity index (χ3v) is 6.92. The fourth-order valence-corrected chi connectivity index (χ4v) is 4.85. The normalized spacial score (nSPS) is 10.9. The van der Waals surface area contributed by atoms with Crippen LogP contribution in [0.25, 0.3) is 5.69 Å². The third-order valence-electron chi connectivity index (χ3n) is 4.74. The van der Waals surface area contributed by atoms with Gasteiger partial charge in [-0.1, -0.05) is 76.4 Å². The van der Waals surface area contributed by atoms with Crippen LogP contribution in [0.15, 0.2) is 65.8 Å². The highest BCUT2D eigenvalue weighted by atomic mass is 35.5. The van der Waals surface area contributed by atoms with Crippen LogP contribution < -0.4 is 10.6 Å². The minimum atomic E-state index is -0.535. The van der Waals surface area contributed by atoms with Gasteiger partial charge >= 0.3 is 6.03 Å². The van der Waals surface area contributed by atoms with Gasteiger partial charge in [-0.25, -0.2) is 9.18 Å². The summed E-state index contributed by atoms with van der Waals surface area (Å²) in [6.07, 6.45) is 0. The van der Waals surface area contributed by atoms with Crippen LogP contribution in [0, 0.1) is 5.82 Å². The standard InChI is InChI=1S/C23H16Cl4FN5OS/c24-14-6-9-16(25)19(10-14)33-20(11-29-22(34)30-21-17(26)2-1-3-18(21)27)31-32-23(33)35-12-13-4-7-15(28)8-5-13/h1-10H,11-12H2,(H2,29,30,34). The summed E-state index contributed by atoms with van der Waals surface area (Å²) < 4.78 is 15.0. The average molecular weight is 571 g/mol. The largest absolute Gasteiger partial charge is 0.331 e. The Kier molecular flexibility index (Phi) is 8.41. The maximum atomic E-state index is 13.2. The lowest BCUT2D eigenvalue weighted by Gasteiger charge is -2.14. The summed E-state index contributed by atoms with van der Waals surface area (Å²) in [4.78, 5) is 12.5. The summed E-state index contributed by atoms with van der Waals surface area (Å²) in [5, 5.41) is 15.9. The van der Waals surface area contributed by atoms with Crippen LogP contribution in [0.5, 0.6) is 0 Å². The van der Waals surface area contributed by atoms with Gasteiger partial charge in [0.1, 0.15) is 5.82 Å². The minimum absolute atomic E-state index is 0.0147. The second-order valence-electron chi connectivity index (χ2n) is 7.15. The number of hydrogen-bond donors (Lipinski definition) is 2. The van der Waals surface area contributed by atoms with Gasteiger partial charge < -0.3 is 10.6 Å². The predicted octanol–water partition coefficient (Wildman–Crippen LogP) is 7.63. The van der Waals surface area contributed by atoms with E-state index in [1.165, 1.54) is 23.9 Å². The number of para-hydroxylation sites is 1. The van der Waals surface area contributed by atoms with Crippen molar-refractivity contribution in [3.8, 4) is 5.69 Å². The number of aromatic nitrogens is 3. The number of carbonyl (C=O) groups excluding carboxylic acids is 1. The summed E-state index contributed by atoms with van der Waals surface area (Å²) in [6.45, 7) is 0.0147. The molecular weight excluding hydrogens is 555 g/mol. The van der Waals surface area contributed by atoms with E-state index in [0.29, 0.717) is 48.2 Å². The zero-order valence-corrected chi connectivity index (χ0v) is 21.6. The van der Waals surface area contributed by atoms with Crippen molar-refractivity contribution in [1.82, 2.24) is 20.1 Å². The fourth-order valence-electron chi connectivity index (χ4n) is 3.07. The van der Waals surface area contributed by atoms with E-state index in [1.807, 2.05) is 0 Å². The van der Waals surface area contributed by atoms with Gasteiger partial charge in [-0.15, -0.1) is 10.2 Å². The predicted molar refractivity (Wildman–Crippen MR) is 140 cm³/mol. The molecule has 12 heteroatoms. The topological polar surface area (TPSA) is 71.8 Å². The number of nitrogens with one attached hydrogen (secondary N) is 2. The van der Waals surface area contributed by atoms with E-state index < -0.39 is 6.03 Å². The molecule has 4 rings (SSSR count). The molecule has 3 aromatic carbocycles. The Hall–Kier alpha value is -2.49. The summed E-state index contributed by atoms with van der Waals surface area (Å²) in [5.41, 5.74) is 1.75. The zero-order valence-electron chi connectivity index (χ0n) is 17.7. The molecule has 0 fully saturated rings. The first-order chi connectivity index (χ1) is 16.8. The van der Waals surface area contributed by atoms with Crippen molar-refractivity contribution >= 4 is 69.9 Å². The maximum Gasteiger partial charge on any atom is 0.319 e. The lowest BCUT2D eigenvalue weighted by molar-refractivity contribution is 0.251. The fraction of sp³-hybridized carbons (Fsp3) is 0.0870. The first-order valence-corrected chi connectivity index (χ1v) is 12.6. The van der Waals surface area contributed by atoms with Crippen LogP contribution in [0.1, 0.15) is 11.4 Å². The molecule has 35 heavy (non-hydrogen) atoms. The van der Waals surface area contributed by atoms with Crippen LogP contribution in [0.3, 0.4) is 0 Å². The smallest absolute Gasteiger partial charge is 0.319 e. The highest BCUT2D eigenvalue weighted by molar-refractivity contribution is 7.98. The van der Waals surface area contributed by atoms with Crippen LogP contribution >= 0.6 is 58.2 Å². The van der Waals surface area contributed by atoms with Crippen molar-refractivity contribution in [3.05, 3.63) is 98.0 Å². The number of anilines is 1. The Morgan fingerprint density at radius 1 is 0.943 bits per heavy atom. The van der Waals surface area contributed by atoms with Crippen LogP contribution in [-0.2, 0) is 12.3 Å². The molecule has 0 spiro atoms. The molecule has 0 saturated heterocycles. The highest BCUT2D eigenvalue weighted by Gasteiger charge is 2.18. The van der Waals surface area contributed by atoms with Crippen LogP contribution in [0.2, 0.25) is 20.1 Å². The molecule has 2 amide bonds. The number of hydrogen-bond acceptors (Lipinski definition) is 4. The molecule has 1 heterocycles. The van der Waals surface area contributed by atoms with Gasteiger partial charge in [-0.2, -0.15) is 0 Å². The second-order valence-corrected chi connectivity index (χ2v) is 9.75. The zero-order chi connectivity index (χ0) is 24.9. The van der Waals surface area contributed by atoms with Gasteiger partial charge in [0.25, 0.3) is 0 Å². The molecule has 0 radical (unpaired) electrons. The first-order valence-electron chi connectivity index (χ1n) is 10.1. The molecule has 0 aliphatic carbocycles. The molecule has 0 aliphatic heterocycles. The van der Waals surface area contributed by atoms with E-state index in [4.69, 9.17) is 46.4 Å². The Morgan fingerprint density at radius 2 is 1.66 bits per heavy atom. The average Bonchev–Trinajstić information content (AvgIpc) is 3.24. The maximum absolute atomic E-state index is 13.2. The highest BCUT2D eigenvalue weighted by Crippen LogP contribution is 2.32. The Morgan fingerprint density at radius 3 is 2.37 bits per heavy atom. The number of nitrogens with zero attached hydrogens (tertiary/aromatic N) is 3. The number of thioether (sulfide) groups is 1. The van der Waals surface area contributed by atoms with Crippen molar-refractivity contribution in [2.75, 3.05) is 5.32 Å². The van der Waals surface area contributed by atoms with E-state index in [9.17, 15) is 9.18 Å². The Bertz CT molecular complexity index is 1350. The molecule has 4 aromatic rings. The van der Waals surface area contributed by atoms with Gasteiger partial charge in [0.05, 0.1) is 33.0 Å². The molecule has 180 valence electrons. The van der Waals surface area contributed by atoms with E-state index >= 15 is 0 Å². The Labute approximate surface area is 224 Å². The van der Waals surface area contributed by atoms with Crippen molar-refractivity contribution in [3.63, 3.8) is 0 Å². The van der Waals surface area contributed by atoms with E-state index in [-0.39, 0.29) is 12.4 Å². The number of carbonyl (C=O) groups is 1. The second kappa shape index (κ2) is 11.5. The van der Waals surface area contributed by atoms with Gasteiger partial charge in [-0.05, 0) is 48.0 Å². The molecule has 0 unspecified atom stereocenters. The summed E-state index contributed by atoms with van der Waals surface area (Å²) in [7, 11) is 0. The van der Waals surface area contributed by atoms with Crippen molar-refractivity contribution < 1.29 is 9.18 Å². The molecule has 0 aliphatic rings. The van der Waals surface area contributed by atoms with Gasteiger partial charge in [0.2, 0.25) is 0 Å². The summed E-state index contributed by atoms with van der Waals surface area (Å²) >= 11 is 26.3. The summed E-state index contributed by atoms with van der Waals surface area (Å²) in [5.74, 6) is 0.615. The molecule has 1 aromatic heterocycles. The van der Waals surface area contributed by atoms with Gasteiger partial charge in [-0.3, -0.25) is 4.57 Å². The Balaban J connectivity index is 1.57. The third kappa shape index (κ3) is 6.39. The van der Waals surface area contributed by atoms with Crippen molar-refractivity contribution in [2.45, 2.75) is 17.5 Å². The lowest BCUT2D eigenvalue weighted by Crippen LogP contribution is -2.29. The molecule has 0 bridgehead atoms. The molecule has 6 nitrogen and oxygen atoms in total. The quantitative estimate of drug-likeness (QED) is 0.224. The number of amides is 2. The molecule has 2 N–H and O–H groups in total. The number of halogens is 5. The summed E-state index contributed by atoms with van der Waals surface area (Å²) in [6, 6.07) is 15.6. The SMILES string of the molecule is O=C(NCc1nnc(SCc2ccc(F)cc2)n1-c1cc(Cl)ccc1Cl)Nc1c(Cl)cccc1Cl. The van der Waals surface area contributed by atoms with Gasteiger partial charge in [0.15, 0.2) is 11.0 Å². The van der Waals surface area contributed by atoms with Crippen LogP contribution in [0.4, 0.5) is 14.9 Å². The number of urea groups is 1. The number of benzene rings is 3. The first kappa shape index (κ1) is 25.6. The minimum Gasteiger partial charge on any atom is -0.331 e. The van der Waals surface area contributed by atoms with Crippen molar-refractivity contribution in [1.29, 1.82) is 0 Å². The molecule has 0 atom stereocenters. The van der Waals surface area contributed by atoms with Crippen LogP contribution in [-0.4, -0.2) is 20.8 Å². The van der Waals surface area contributed by atoms with E-state index in [2.05, 4.69) is 20.8 Å². The number of rotatable bonds is 7. The monoisotopic (exact) mass is 569 g/mol. The van der Waals surface area contributed by atoms with E-state index in [1.54, 1.807) is 53.1 Å². The lowest BCUT2D eigenvalue weighted by atomic mass is 10.2.